The topological polar surface area (TPSA) is 208 Å². The average Bonchev–Trinajstić information content (AvgIpc) is 3.28. The molecule has 0 N–H and O–H groups in total. The number of carbonyl (C=O) groups is 3. The molecular formula is C26H18BrN3O12S. The monoisotopic (exact) mass is 675 g/mol. The van der Waals surface area contributed by atoms with Crippen molar-refractivity contribution in [2.45, 2.75) is 21.6 Å². The lowest BCUT2D eigenvalue weighted by Crippen LogP contribution is -2.41. The summed E-state index contributed by atoms with van der Waals surface area (Å²) in [5.74, 6) is -2.58. The molecule has 0 aromatic heterocycles. The van der Waals surface area contributed by atoms with Gasteiger partial charge in [0, 0.05) is 36.4 Å². The van der Waals surface area contributed by atoms with Gasteiger partial charge < -0.3 is 14.2 Å². The van der Waals surface area contributed by atoms with Crippen molar-refractivity contribution in [3.63, 3.8) is 0 Å². The summed E-state index contributed by atoms with van der Waals surface area (Å²) in [6.45, 7) is -0.327. The Morgan fingerprint density at radius 1 is 0.628 bits per heavy atom. The summed E-state index contributed by atoms with van der Waals surface area (Å²) < 4.78 is 16.0. The van der Waals surface area contributed by atoms with Gasteiger partial charge in [0.1, 0.15) is 10.8 Å². The molecule has 1 fully saturated rings. The van der Waals surface area contributed by atoms with Gasteiger partial charge >= 0.3 is 17.9 Å². The van der Waals surface area contributed by atoms with Gasteiger partial charge in [-0.2, -0.15) is 0 Å². The van der Waals surface area contributed by atoms with Crippen molar-refractivity contribution >= 4 is 62.7 Å². The van der Waals surface area contributed by atoms with Crippen molar-refractivity contribution in [1.29, 1.82) is 0 Å². The summed E-state index contributed by atoms with van der Waals surface area (Å²) in [6, 6.07) is 14.0. The lowest BCUT2D eigenvalue weighted by molar-refractivity contribution is -0.385. The highest BCUT2D eigenvalue weighted by molar-refractivity contribution is 9.11. The summed E-state index contributed by atoms with van der Waals surface area (Å²) in [5, 5.41) is 32.0. The number of rotatable bonds is 10. The largest absolute Gasteiger partial charge is 0.461 e. The Morgan fingerprint density at radius 3 is 1.35 bits per heavy atom. The highest BCUT2D eigenvalue weighted by Crippen LogP contribution is 2.42. The molecule has 0 aliphatic carbocycles. The fourth-order valence-corrected chi connectivity index (χ4v) is 6.31. The van der Waals surface area contributed by atoms with E-state index < -0.39 is 54.3 Å². The van der Waals surface area contributed by atoms with E-state index in [1.165, 1.54) is 36.4 Å². The fraction of sp³-hybridized carbons (Fsp3) is 0.192. The number of benzene rings is 3. The lowest BCUT2D eigenvalue weighted by Gasteiger charge is -2.24. The molecule has 43 heavy (non-hydrogen) atoms. The van der Waals surface area contributed by atoms with Crippen molar-refractivity contribution < 1.29 is 43.4 Å². The van der Waals surface area contributed by atoms with Crippen molar-refractivity contribution in [3.8, 4) is 0 Å². The van der Waals surface area contributed by atoms with E-state index in [2.05, 4.69) is 15.9 Å². The van der Waals surface area contributed by atoms with Crippen LogP contribution in [0.3, 0.4) is 0 Å². The third kappa shape index (κ3) is 7.49. The van der Waals surface area contributed by atoms with Crippen molar-refractivity contribution in [2.24, 2.45) is 0 Å². The fourth-order valence-electron chi connectivity index (χ4n) is 3.86. The molecule has 4 unspecified atom stereocenters. The molecule has 1 saturated heterocycles. The first-order chi connectivity index (χ1) is 20.4. The first-order valence-electron chi connectivity index (χ1n) is 12.1. The van der Waals surface area contributed by atoms with Crippen LogP contribution in [0.2, 0.25) is 0 Å². The van der Waals surface area contributed by atoms with E-state index in [9.17, 15) is 44.7 Å². The standard InChI is InChI=1S/C26H18BrN3O12S/c27-23-22(42-26(33)16-5-11-19(12-6-16)30(38)39)21(41-25(32)15-3-9-18(10-4-15)29(36)37)20(43-23)13-40-24(31)14-1-7-17(8-2-14)28(34)35/h1-12,20-23H,13H2. The number of carbonyl (C=O) groups excluding carboxylic acids is 3. The first-order valence-corrected chi connectivity index (χ1v) is 13.9. The van der Waals surface area contributed by atoms with Crippen LogP contribution < -0.4 is 0 Å². The van der Waals surface area contributed by atoms with E-state index in [1.807, 2.05) is 0 Å². The smallest absolute Gasteiger partial charge is 0.338 e. The Morgan fingerprint density at radius 2 is 0.977 bits per heavy atom. The maximum Gasteiger partial charge on any atom is 0.338 e. The Hall–Kier alpha value is -4.90. The first kappa shape index (κ1) is 31.0. The van der Waals surface area contributed by atoms with Crippen LogP contribution in [-0.2, 0) is 14.2 Å². The molecule has 4 atom stereocenters. The summed E-state index contributed by atoms with van der Waals surface area (Å²) in [6.07, 6.45) is -2.32. The van der Waals surface area contributed by atoms with E-state index in [-0.39, 0.29) is 40.4 Å². The summed E-state index contributed by atoms with van der Waals surface area (Å²) >= 11 is 4.52. The van der Waals surface area contributed by atoms with E-state index in [4.69, 9.17) is 14.2 Å². The molecule has 17 heteroatoms. The maximum absolute atomic E-state index is 13.0. The molecule has 3 aromatic rings. The van der Waals surface area contributed by atoms with Gasteiger partial charge in [0.05, 0.1) is 36.7 Å². The maximum atomic E-state index is 13.0. The molecule has 4 rings (SSSR count). The third-order valence-corrected chi connectivity index (χ3v) is 8.51. The Balaban J connectivity index is 1.53. The van der Waals surface area contributed by atoms with Crippen LogP contribution in [0.5, 0.6) is 0 Å². The molecule has 1 aliphatic heterocycles. The van der Waals surface area contributed by atoms with Crippen LogP contribution in [0.4, 0.5) is 17.1 Å². The predicted molar refractivity (Wildman–Crippen MR) is 152 cm³/mol. The van der Waals surface area contributed by atoms with E-state index in [1.54, 1.807) is 0 Å². The second-order valence-electron chi connectivity index (χ2n) is 8.78. The number of ether oxygens (including phenoxy) is 3. The molecule has 3 aromatic carbocycles. The second-order valence-corrected chi connectivity index (χ2v) is 11.8. The highest BCUT2D eigenvalue weighted by atomic mass is 79.9. The number of nitrogens with zero attached hydrogens (tertiary/aromatic N) is 3. The van der Waals surface area contributed by atoms with Crippen LogP contribution >= 0.6 is 27.7 Å². The average molecular weight is 676 g/mol. The number of halogens is 1. The number of esters is 3. The molecule has 1 aliphatic rings. The zero-order valence-electron chi connectivity index (χ0n) is 21.5. The Labute approximate surface area is 253 Å². The van der Waals surface area contributed by atoms with Gasteiger partial charge in [0.25, 0.3) is 17.1 Å². The SMILES string of the molecule is O=C(OCC1SC(Br)C(OC(=O)c2ccc([N+](=O)[O-])cc2)C1OC(=O)c1ccc([N+](=O)[O-])cc1)c1ccc([N+](=O)[O-])cc1. The number of nitro benzene ring substituents is 3. The Bertz CT molecular complexity index is 1570. The third-order valence-electron chi connectivity index (χ3n) is 6.06. The van der Waals surface area contributed by atoms with Gasteiger partial charge in [-0.25, -0.2) is 14.4 Å². The molecule has 0 radical (unpaired) electrons. The number of nitro groups is 3. The van der Waals surface area contributed by atoms with Crippen LogP contribution in [-0.4, -0.2) is 60.9 Å². The molecule has 0 spiro atoms. The van der Waals surface area contributed by atoms with Crippen LogP contribution in [0.15, 0.2) is 72.8 Å². The minimum atomic E-state index is -1.19. The quantitative estimate of drug-likeness (QED) is 0.0925. The minimum Gasteiger partial charge on any atom is -0.461 e. The van der Waals surface area contributed by atoms with E-state index in [0.29, 0.717) is 0 Å². The second kappa shape index (κ2) is 13.4. The number of hydrogen-bond acceptors (Lipinski definition) is 13. The van der Waals surface area contributed by atoms with Crippen molar-refractivity contribution in [1.82, 2.24) is 0 Å². The molecule has 1 heterocycles. The van der Waals surface area contributed by atoms with E-state index >= 15 is 0 Å². The molecule has 15 nitrogen and oxygen atoms in total. The van der Waals surface area contributed by atoms with Crippen LogP contribution in [0, 0.1) is 30.3 Å². The van der Waals surface area contributed by atoms with Gasteiger partial charge in [-0.3, -0.25) is 30.3 Å². The highest BCUT2D eigenvalue weighted by Gasteiger charge is 2.49. The molecule has 222 valence electrons. The van der Waals surface area contributed by atoms with Gasteiger partial charge in [0.2, 0.25) is 0 Å². The van der Waals surface area contributed by atoms with Gasteiger partial charge in [-0.1, -0.05) is 15.9 Å². The normalized spacial score (nSPS) is 19.2. The van der Waals surface area contributed by atoms with Gasteiger partial charge in [-0.15, -0.1) is 11.8 Å². The van der Waals surface area contributed by atoms with Crippen molar-refractivity contribution in [3.05, 3.63) is 120 Å². The van der Waals surface area contributed by atoms with Crippen LogP contribution in [0.1, 0.15) is 31.1 Å². The molecule has 0 bridgehead atoms. The number of alkyl halides is 1. The summed E-state index contributed by atoms with van der Waals surface area (Å²) in [4.78, 5) is 69.4. The zero-order chi connectivity index (χ0) is 31.3. The zero-order valence-corrected chi connectivity index (χ0v) is 23.9. The molecule has 0 amide bonds. The van der Waals surface area contributed by atoms with Gasteiger partial charge in [0.15, 0.2) is 12.2 Å². The molecular weight excluding hydrogens is 658 g/mol. The number of non-ortho nitro benzene ring substituents is 3. The summed E-state index contributed by atoms with van der Waals surface area (Å²) in [7, 11) is 0. The Kier molecular flexibility index (Phi) is 9.66. The summed E-state index contributed by atoms with van der Waals surface area (Å²) in [5.41, 5.74) is -0.722. The minimum absolute atomic E-state index is 0.0104. The number of thioether (sulfide) groups is 1. The van der Waals surface area contributed by atoms with E-state index in [0.717, 1.165) is 48.2 Å². The predicted octanol–water partition coefficient (Wildman–Crippen LogP) is 4.86. The molecule has 0 saturated carbocycles. The number of hydrogen-bond donors (Lipinski definition) is 0. The van der Waals surface area contributed by atoms with Crippen molar-refractivity contribution in [2.75, 3.05) is 6.61 Å². The van der Waals surface area contributed by atoms with Gasteiger partial charge in [-0.05, 0) is 36.4 Å². The lowest BCUT2D eigenvalue weighted by atomic mass is 10.1. The van der Waals surface area contributed by atoms with Crippen LogP contribution in [0.25, 0.3) is 0 Å².